The molecule has 100 valence electrons. The molecule has 0 bridgehead atoms. The number of hydrogen-bond donors (Lipinski definition) is 0. The van der Waals surface area contributed by atoms with Crippen LogP contribution in [0.1, 0.15) is 47.9 Å². The van der Waals surface area contributed by atoms with Gasteiger partial charge in [0, 0.05) is 23.7 Å². The van der Waals surface area contributed by atoms with Gasteiger partial charge >= 0.3 is 0 Å². The quantitative estimate of drug-likeness (QED) is 0.771. The molecule has 1 atom stereocenters. The highest BCUT2D eigenvalue weighted by molar-refractivity contribution is 6.20. The Morgan fingerprint density at radius 1 is 1.11 bits per heavy atom. The van der Waals surface area contributed by atoms with Gasteiger partial charge in [0.2, 0.25) is 0 Å². The molecule has 0 aliphatic rings. The average Bonchev–Trinajstić information content (AvgIpc) is 2.39. The highest BCUT2D eigenvalue weighted by Gasteiger charge is 2.12. The normalized spacial score (nSPS) is 12.7. The van der Waals surface area contributed by atoms with Crippen LogP contribution in [0.3, 0.4) is 0 Å². The van der Waals surface area contributed by atoms with Gasteiger partial charge in [0.25, 0.3) is 0 Å². The van der Waals surface area contributed by atoms with Gasteiger partial charge in [-0.25, -0.2) is 9.97 Å². The first-order chi connectivity index (χ1) is 9.06. The van der Waals surface area contributed by atoms with Gasteiger partial charge in [0.05, 0.1) is 5.38 Å². The fraction of sp³-hybridized carbons (Fsp3) is 0.375. The molecule has 2 nitrogen and oxygen atoms in total. The number of rotatable bonds is 4. The lowest BCUT2D eigenvalue weighted by molar-refractivity contribution is 0.740. The first-order valence-electron chi connectivity index (χ1n) is 6.59. The highest BCUT2D eigenvalue weighted by atomic mass is 35.5. The molecule has 0 radical (unpaired) electrons. The van der Waals surface area contributed by atoms with E-state index in [1.807, 2.05) is 31.2 Å². The third-order valence-electron chi connectivity index (χ3n) is 2.99. The zero-order valence-electron chi connectivity index (χ0n) is 11.6. The fourth-order valence-electron chi connectivity index (χ4n) is 1.98. The Kier molecular flexibility index (Phi) is 4.54. The standard InChI is InChI=1S/C16H19ClN2/c1-11(2)16-18-12(3)9-14(19-16)10-15(17)13-7-5-4-6-8-13/h4-9,11,15H,10H2,1-3H3. The molecule has 0 spiro atoms. The molecule has 0 aliphatic carbocycles. The van der Waals surface area contributed by atoms with Crippen LogP contribution in [-0.4, -0.2) is 9.97 Å². The molecule has 1 aromatic carbocycles. The summed E-state index contributed by atoms with van der Waals surface area (Å²) in [6, 6.07) is 12.1. The van der Waals surface area contributed by atoms with Crippen molar-refractivity contribution in [1.29, 1.82) is 0 Å². The van der Waals surface area contributed by atoms with E-state index in [0.29, 0.717) is 5.92 Å². The zero-order valence-corrected chi connectivity index (χ0v) is 12.4. The van der Waals surface area contributed by atoms with E-state index in [0.717, 1.165) is 29.2 Å². The molecule has 1 unspecified atom stereocenters. The first-order valence-corrected chi connectivity index (χ1v) is 7.03. The van der Waals surface area contributed by atoms with Crippen molar-refractivity contribution in [3.63, 3.8) is 0 Å². The van der Waals surface area contributed by atoms with Gasteiger partial charge in [-0.3, -0.25) is 0 Å². The van der Waals surface area contributed by atoms with Gasteiger partial charge in [-0.1, -0.05) is 44.2 Å². The van der Waals surface area contributed by atoms with Crippen LogP contribution in [0.2, 0.25) is 0 Å². The minimum absolute atomic E-state index is 0.0458. The van der Waals surface area contributed by atoms with Gasteiger partial charge in [-0.2, -0.15) is 0 Å². The number of benzene rings is 1. The number of nitrogens with zero attached hydrogens (tertiary/aromatic N) is 2. The molecule has 1 aromatic heterocycles. The van der Waals surface area contributed by atoms with E-state index < -0.39 is 0 Å². The second-order valence-corrected chi connectivity index (χ2v) is 5.62. The summed E-state index contributed by atoms with van der Waals surface area (Å²) in [4.78, 5) is 9.06. The Bertz CT molecular complexity index is 538. The van der Waals surface area contributed by atoms with Crippen molar-refractivity contribution >= 4 is 11.6 Å². The highest BCUT2D eigenvalue weighted by Crippen LogP contribution is 2.24. The van der Waals surface area contributed by atoms with Gasteiger partial charge < -0.3 is 0 Å². The van der Waals surface area contributed by atoms with Crippen LogP contribution in [0.15, 0.2) is 36.4 Å². The van der Waals surface area contributed by atoms with Crippen molar-refractivity contribution in [3.8, 4) is 0 Å². The third kappa shape index (κ3) is 3.77. The lowest BCUT2D eigenvalue weighted by Crippen LogP contribution is -2.05. The fourth-order valence-corrected chi connectivity index (χ4v) is 2.29. The zero-order chi connectivity index (χ0) is 13.8. The lowest BCUT2D eigenvalue weighted by Gasteiger charge is -2.12. The molecule has 0 amide bonds. The third-order valence-corrected chi connectivity index (χ3v) is 3.40. The van der Waals surface area contributed by atoms with Crippen molar-refractivity contribution in [3.05, 3.63) is 59.2 Å². The molecule has 2 rings (SSSR count). The molecule has 19 heavy (non-hydrogen) atoms. The van der Waals surface area contributed by atoms with Crippen LogP contribution in [-0.2, 0) is 6.42 Å². The number of halogens is 1. The summed E-state index contributed by atoms with van der Waals surface area (Å²) in [5.74, 6) is 1.23. The summed E-state index contributed by atoms with van der Waals surface area (Å²) in [6.07, 6.45) is 0.731. The molecule has 0 aliphatic heterocycles. The molecule has 3 heteroatoms. The van der Waals surface area contributed by atoms with E-state index in [9.17, 15) is 0 Å². The largest absolute Gasteiger partial charge is 0.238 e. The first kappa shape index (κ1) is 14.0. The molecule has 0 N–H and O–H groups in total. The average molecular weight is 275 g/mol. The van der Waals surface area contributed by atoms with Crippen molar-refractivity contribution < 1.29 is 0 Å². The Morgan fingerprint density at radius 2 is 1.79 bits per heavy atom. The maximum absolute atomic E-state index is 6.46. The van der Waals surface area contributed by atoms with Gasteiger partial charge in [0.15, 0.2) is 0 Å². The minimum atomic E-state index is -0.0458. The summed E-state index contributed by atoms with van der Waals surface area (Å²) in [6.45, 7) is 6.21. The minimum Gasteiger partial charge on any atom is -0.238 e. The summed E-state index contributed by atoms with van der Waals surface area (Å²) < 4.78 is 0. The number of aromatic nitrogens is 2. The predicted molar refractivity (Wildman–Crippen MR) is 79.6 cm³/mol. The van der Waals surface area contributed by atoms with Gasteiger partial charge in [0.1, 0.15) is 5.82 Å². The van der Waals surface area contributed by atoms with Crippen LogP contribution in [0.5, 0.6) is 0 Å². The Labute approximate surface area is 119 Å². The second kappa shape index (κ2) is 6.16. The number of alkyl halides is 1. The monoisotopic (exact) mass is 274 g/mol. The van der Waals surface area contributed by atoms with E-state index in [1.165, 1.54) is 0 Å². The summed E-state index contributed by atoms with van der Waals surface area (Å²) in [5, 5.41) is -0.0458. The smallest absolute Gasteiger partial charge is 0.131 e. The predicted octanol–water partition coefficient (Wildman–Crippen LogP) is 4.43. The Balaban J connectivity index is 2.19. The maximum atomic E-state index is 6.46. The SMILES string of the molecule is Cc1cc(CC(Cl)c2ccccc2)nc(C(C)C)n1. The Hall–Kier alpha value is -1.41. The molecular formula is C16H19ClN2. The van der Waals surface area contributed by atoms with Crippen molar-refractivity contribution in [1.82, 2.24) is 9.97 Å². The molecule has 1 heterocycles. The summed E-state index contributed by atoms with van der Waals surface area (Å²) in [7, 11) is 0. The van der Waals surface area contributed by atoms with E-state index in [4.69, 9.17) is 11.6 Å². The molecule has 2 aromatic rings. The van der Waals surface area contributed by atoms with Crippen LogP contribution in [0, 0.1) is 6.92 Å². The summed E-state index contributed by atoms with van der Waals surface area (Å²) in [5.41, 5.74) is 3.15. The van der Waals surface area contributed by atoms with Gasteiger partial charge in [-0.15, -0.1) is 11.6 Å². The van der Waals surface area contributed by atoms with Crippen LogP contribution in [0.25, 0.3) is 0 Å². The number of aryl methyl sites for hydroxylation is 1. The van der Waals surface area contributed by atoms with Gasteiger partial charge in [-0.05, 0) is 18.6 Å². The topological polar surface area (TPSA) is 25.8 Å². The molecular weight excluding hydrogens is 256 g/mol. The van der Waals surface area contributed by atoms with Crippen LogP contribution >= 0.6 is 11.6 Å². The molecule has 0 fully saturated rings. The van der Waals surface area contributed by atoms with Crippen LogP contribution in [0.4, 0.5) is 0 Å². The Morgan fingerprint density at radius 3 is 2.42 bits per heavy atom. The molecule has 0 saturated heterocycles. The van der Waals surface area contributed by atoms with Crippen molar-refractivity contribution in [2.75, 3.05) is 0 Å². The van der Waals surface area contributed by atoms with E-state index in [1.54, 1.807) is 0 Å². The lowest BCUT2D eigenvalue weighted by atomic mass is 10.1. The van der Waals surface area contributed by atoms with E-state index >= 15 is 0 Å². The van der Waals surface area contributed by atoms with Crippen molar-refractivity contribution in [2.24, 2.45) is 0 Å². The second-order valence-electron chi connectivity index (χ2n) is 5.10. The maximum Gasteiger partial charge on any atom is 0.131 e. The molecule has 0 saturated carbocycles. The van der Waals surface area contributed by atoms with E-state index in [2.05, 4.69) is 35.9 Å². The van der Waals surface area contributed by atoms with E-state index in [-0.39, 0.29) is 5.38 Å². The van der Waals surface area contributed by atoms with Crippen LogP contribution < -0.4 is 0 Å². The number of hydrogen-bond acceptors (Lipinski definition) is 2. The summed E-state index contributed by atoms with van der Waals surface area (Å²) >= 11 is 6.46. The van der Waals surface area contributed by atoms with Crippen molar-refractivity contribution in [2.45, 2.75) is 38.5 Å².